The molecule has 0 spiro atoms. The quantitative estimate of drug-likeness (QED) is 0.707. The van der Waals surface area contributed by atoms with E-state index in [0.29, 0.717) is 0 Å². The highest BCUT2D eigenvalue weighted by molar-refractivity contribution is 7.07. The monoisotopic (exact) mass is 189 g/mol. The third-order valence-electron chi connectivity index (χ3n) is 1.95. The van der Waals surface area contributed by atoms with Gasteiger partial charge in [-0.25, -0.2) is 4.98 Å². The molecular weight excluding hydrogens is 178 g/mol. The molecule has 1 heterocycles. The zero-order chi connectivity index (χ0) is 9.10. The first-order chi connectivity index (χ1) is 6.34. The van der Waals surface area contributed by atoms with E-state index in [1.807, 2.05) is 5.51 Å². The van der Waals surface area contributed by atoms with Crippen molar-refractivity contribution in [3.05, 3.63) is 52.0 Å². The molecule has 0 radical (unpaired) electrons. The Balaban J connectivity index is 2.19. The molecule has 1 aromatic carbocycles. The third kappa shape index (κ3) is 2.16. The summed E-state index contributed by atoms with van der Waals surface area (Å²) in [7, 11) is 0. The summed E-state index contributed by atoms with van der Waals surface area (Å²) in [5.74, 6) is 0. The van der Waals surface area contributed by atoms with E-state index >= 15 is 0 Å². The highest BCUT2D eigenvalue weighted by Crippen LogP contribution is 2.10. The second-order valence-corrected chi connectivity index (χ2v) is 3.86. The summed E-state index contributed by atoms with van der Waals surface area (Å²) in [6, 6.07) is 8.56. The molecule has 0 saturated heterocycles. The lowest BCUT2D eigenvalue weighted by Crippen LogP contribution is -1.87. The average molecular weight is 189 g/mol. The zero-order valence-electron chi connectivity index (χ0n) is 7.53. The van der Waals surface area contributed by atoms with Crippen molar-refractivity contribution in [3.63, 3.8) is 0 Å². The first-order valence-electron chi connectivity index (χ1n) is 4.27. The number of aryl methyl sites for hydroxylation is 1. The lowest BCUT2D eigenvalue weighted by Gasteiger charge is -1.98. The van der Waals surface area contributed by atoms with Crippen molar-refractivity contribution >= 4 is 11.3 Å². The van der Waals surface area contributed by atoms with Crippen LogP contribution in [0.2, 0.25) is 0 Å². The van der Waals surface area contributed by atoms with Crippen molar-refractivity contribution in [2.24, 2.45) is 0 Å². The van der Waals surface area contributed by atoms with Gasteiger partial charge in [0.15, 0.2) is 0 Å². The summed E-state index contributed by atoms with van der Waals surface area (Å²) in [6.45, 7) is 2.12. The van der Waals surface area contributed by atoms with Gasteiger partial charge in [-0.2, -0.15) is 0 Å². The molecule has 66 valence electrons. The molecule has 2 rings (SSSR count). The molecule has 2 heteroatoms. The van der Waals surface area contributed by atoms with Gasteiger partial charge in [0, 0.05) is 11.8 Å². The Bertz CT molecular complexity index is 379. The van der Waals surface area contributed by atoms with Crippen LogP contribution in [0.4, 0.5) is 0 Å². The lowest BCUT2D eigenvalue weighted by atomic mass is 10.1. The van der Waals surface area contributed by atoms with Crippen LogP contribution in [0.5, 0.6) is 0 Å². The summed E-state index contributed by atoms with van der Waals surface area (Å²) in [5.41, 5.74) is 5.69. The third-order valence-corrected chi connectivity index (χ3v) is 2.59. The fraction of sp³-hybridized carbons (Fsp3) is 0.182. The summed E-state index contributed by atoms with van der Waals surface area (Å²) < 4.78 is 0. The van der Waals surface area contributed by atoms with Gasteiger partial charge < -0.3 is 0 Å². The van der Waals surface area contributed by atoms with Crippen LogP contribution in [0.25, 0.3) is 0 Å². The number of hydrogen-bond donors (Lipinski definition) is 0. The molecule has 0 saturated carbocycles. The van der Waals surface area contributed by atoms with Crippen molar-refractivity contribution in [2.75, 3.05) is 0 Å². The van der Waals surface area contributed by atoms with Gasteiger partial charge in [-0.05, 0) is 12.5 Å². The maximum atomic E-state index is 4.26. The second-order valence-electron chi connectivity index (χ2n) is 3.15. The second kappa shape index (κ2) is 3.71. The summed E-state index contributed by atoms with van der Waals surface area (Å²) in [6.07, 6.45) is 0.950. The predicted molar refractivity (Wildman–Crippen MR) is 56.1 cm³/mol. The van der Waals surface area contributed by atoms with E-state index in [-0.39, 0.29) is 0 Å². The van der Waals surface area contributed by atoms with Gasteiger partial charge in [-0.15, -0.1) is 11.3 Å². The van der Waals surface area contributed by atoms with Crippen LogP contribution in [0, 0.1) is 6.92 Å². The SMILES string of the molecule is Cc1cccc(Cc2cscn2)c1. The first kappa shape index (κ1) is 8.45. The van der Waals surface area contributed by atoms with Gasteiger partial charge in [0.2, 0.25) is 0 Å². The van der Waals surface area contributed by atoms with Crippen LogP contribution >= 0.6 is 11.3 Å². The van der Waals surface area contributed by atoms with Crippen molar-refractivity contribution in [3.8, 4) is 0 Å². The lowest BCUT2D eigenvalue weighted by molar-refractivity contribution is 1.10. The van der Waals surface area contributed by atoms with E-state index in [0.717, 1.165) is 12.1 Å². The topological polar surface area (TPSA) is 12.9 Å². The number of rotatable bonds is 2. The van der Waals surface area contributed by atoms with Crippen LogP contribution in [0.1, 0.15) is 16.8 Å². The van der Waals surface area contributed by atoms with E-state index < -0.39 is 0 Å². The maximum absolute atomic E-state index is 4.26. The number of hydrogen-bond acceptors (Lipinski definition) is 2. The van der Waals surface area contributed by atoms with Crippen molar-refractivity contribution in [1.29, 1.82) is 0 Å². The standard InChI is InChI=1S/C11H11NS/c1-9-3-2-4-10(5-9)6-11-7-13-8-12-11/h2-5,7-8H,6H2,1H3. The largest absolute Gasteiger partial charge is 0.249 e. The van der Waals surface area contributed by atoms with Gasteiger partial charge >= 0.3 is 0 Å². The summed E-state index contributed by atoms with van der Waals surface area (Å²) in [5, 5.41) is 2.10. The summed E-state index contributed by atoms with van der Waals surface area (Å²) >= 11 is 1.65. The van der Waals surface area contributed by atoms with Crippen LogP contribution in [0.15, 0.2) is 35.2 Å². The highest BCUT2D eigenvalue weighted by Gasteiger charge is 1.97. The fourth-order valence-corrected chi connectivity index (χ4v) is 1.91. The van der Waals surface area contributed by atoms with E-state index in [1.165, 1.54) is 11.1 Å². The van der Waals surface area contributed by atoms with Crippen molar-refractivity contribution < 1.29 is 0 Å². The Morgan fingerprint density at radius 1 is 1.38 bits per heavy atom. The van der Waals surface area contributed by atoms with Crippen molar-refractivity contribution in [2.45, 2.75) is 13.3 Å². The van der Waals surface area contributed by atoms with E-state index in [4.69, 9.17) is 0 Å². The Hall–Kier alpha value is -1.15. The highest BCUT2D eigenvalue weighted by atomic mass is 32.1. The maximum Gasteiger partial charge on any atom is 0.0794 e. The molecule has 0 aliphatic rings. The zero-order valence-corrected chi connectivity index (χ0v) is 8.34. The molecule has 13 heavy (non-hydrogen) atoms. The van der Waals surface area contributed by atoms with Crippen LogP contribution in [-0.4, -0.2) is 4.98 Å². The molecule has 0 unspecified atom stereocenters. The fourth-order valence-electron chi connectivity index (χ4n) is 1.36. The molecule has 0 bridgehead atoms. The minimum Gasteiger partial charge on any atom is -0.249 e. The number of nitrogens with zero attached hydrogens (tertiary/aromatic N) is 1. The molecule has 1 aromatic heterocycles. The predicted octanol–water partition coefficient (Wildman–Crippen LogP) is 3.04. The molecule has 2 aromatic rings. The molecule has 0 N–H and O–H groups in total. The molecular formula is C11H11NS. The molecule has 0 aliphatic heterocycles. The van der Waals surface area contributed by atoms with Gasteiger partial charge in [0.05, 0.1) is 11.2 Å². The molecule has 1 nitrogen and oxygen atoms in total. The van der Waals surface area contributed by atoms with Gasteiger partial charge in [0.25, 0.3) is 0 Å². The Morgan fingerprint density at radius 2 is 2.31 bits per heavy atom. The van der Waals surface area contributed by atoms with E-state index in [2.05, 4.69) is 41.6 Å². The van der Waals surface area contributed by atoms with Gasteiger partial charge in [-0.1, -0.05) is 29.8 Å². The van der Waals surface area contributed by atoms with Crippen LogP contribution in [-0.2, 0) is 6.42 Å². The smallest absolute Gasteiger partial charge is 0.0794 e. The molecule has 0 fully saturated rings. The first-order valence-corrected chi connectivity index (χ1v) is 5.21. The number of aromatic nitrogens is 1. The Kier molecular flexibility index (Phi) is 2.41. The average Bonchev–Trinajstić information content (AvgIpc) is 2.57. The number of thiazole rings is 1. The van der Waals surface area contributed by atoms with Crippen LogP contribution in [0.3, 0.4) is 0 Å². The van der Waals surface area contributed by atoms with E-state index in [1.54, 1.807) is 11.3 Å². The molecule has 0 atom stereocenters. The minimum absolute atomic E-state index is 0.950. The van der Waals surface area contributed by atoms with Gasteiger partial charge in [0.1, 0.15) is 0 Å². The molecule has 0 amide bonds. The Labute approximate surface area is 82.1 Å². The Morgan fingerprint density at radius 3 is 3.00 bits per heavy atom. The van der Waals surface area contributed by atoms with Crippen molar-refractivity contribution in [1.82, 2.24) is 4.98 Å². The van der Waals surface area contributed by atoms with Gasteiger partial charge in [-0.3, -0.25) is 0 Å². The number of benzene rings is 1. The summed E-state index contributed by atoms with van der Waals surface area (Å²) in [4.78, 5) is 4.26. The molecule has 0 aliphatic carbocycles. The van der Waals surface area contributed by atoms with Crippen LogP contribution < -0.4 is 0 Å². The minimum atomic E-state index is 0.950. The normalized spacial score (nSPS) is 10.2. The van der Waals surface area contributed by atoms with E-state index in [9.17, 15) is 0 Å².